The van der Waals surface area contributed by atoms with E-state index in [1.165, 1.54) is 0 Å². The van der Waals surface area contributed by atoms with E-state index in [0.29, 0.717) is 4.90 Å². The third-order valence-corrected chi connectivity index (χ3v) is 3.04. The molecule has 0 aromatic carbocycles. The lowest BCUT2D eigenvalue weighted by atomic mass is 10.2. The van der Waals surface area contributed by atoms with Gasteiger partial charge in [0, 0.05) is 0 Å². The second-order valence-corrected chi connectivity index (χ2v) is 7.22. The molecule has 20 heavy (non-hydrogen) atoms. The predicted octanol–water partition coefficient (Wildman–Crippen LogP) is -0.140. The van der Waals surface area contributed by atoms with E-state index in [0.717, 1.165) is 6.26 Å². The first kappa shape index (κ1) is 16.9. The number of imide groups is 1. The zero-order valence-corrected chi connectivity index (χ0v) is 12.6. The van der Waals surface area contributed by atoms with E-state index >= 15 is 0 Å². The molecule has 9 heteroatoms. The Labute approximate surface area is 117 Å². The second-order valence-electron chi connectivity index (χ2n) is 5.57. The van der Waals surface area contributed by atoms with Gasteiger partial charge >= 0.3 is 6.09 Å². The van der Waals surface area contributed by atoms with Crippen molar-refractivity contribution in [2.75, 3.05) is 12.9 Å². The number of hydrogen-bond donors (Lipinski definition) is 1. The fraction of sp³-hybridized carbons (Fsp3) is 0.818. The molecule has 1 N–H and O–H groups in total. The lowest BCUT2D eigenvalue weighted by molar-refractivity contribution is -0.128. The zero-order valence-electron chi connectivity index (χ0n) is 11.8. The van der Waals surface area contributed by atoms with Crippen molar-refractivity contribution in [1.29, 1.82) is 0 Å². The fourth-order valence-electron chi connectivity index (χ4n) is 1.70. The summed E-state index contributed by atoms with van der Waals surface area (Å²) in [5.41, 5.74) is -0.812. The van der Waals surface area contributed by atoms with E-state index in [2.05, 4.69) is 4.18 Å². The van der Waals surface area contributed by atoms with Gasteiger partial charge in [0.05, 0.1) is 31.4 Å². The molecule has 1 rings (SSSR count). The lowest BCUT2D eigenvalue weighted by Gasteiger charge is -2.27. The van der Waals surface area contributed by atoms with Crippen molar-refractivity contribution in [1.82, 2.24) is 4.90 Å². The molecule has 0 unspecified atom stereocenters. The average Bonchev–Trinajstić information content (AvgIpc) is 2.46. The molecule has 0 bridgehead atoms. The van der Waals surface area contributed by atoms with Crippen molar-refractivity contribution in [3.05, 3.63) is 0 Å². The van der Waals surface area contributed by atoms with Crippen molar-refractivity contribution in [3.8, 4) is 0 Å². The van der Waals surface area contributed by atoms with Gasteiger partial charge in [0.2, 0.25) is 5.91 Å². The molecule has 1 aliphatic rings. The number of likely N-dealkylation sites (tertiary alicyclic amines) is 1. The first-order chi connectivity index (χ1) is 8.91. The number of carbonyl (C=O) groups is 2. The Morgan fingerprint density at radius 1 is 1.45 bits per heavy atom. The van der Waals surface area contributed by atoms with E-state index in [4.69, 9.17) is 4.74 Å². The van der Waals surface area contributed by atoms with E-state index < -0.39 is 46.5 Å². The first-order valence-electron chi connectivity index (χ1n) is 5.98. The molecular weight excluding hydrogens is 290 g/mol. The third kappa shape index (κ3) is 4.73. The molecule has 116 valence electrons. The van der Waals surface area contributed by atoms with Crippen molar-refractivity contribution < 1.29 is 32.0 Å². The largest absolute Gasteiger partial charge is 0.443 e. The minimum atomic E-state index is -3.74. The highest BCUT2D eigenvalue weighted by Crippen LogP contribution is 2.23. The van der Waals surface area contributed by atoms with Crippen LogP contribution in [0.25, 0.3) is 0 Å². The van der Waals surface area contributed by atoms with Gasteiger partial charge in [0.1, 0.15) is 5.60 Å². The summed E-state index contributed by atoms with van der Waals surface area (Å²) in [7, 11) is -3.74. The van der Waals surface area contributed by atoms with E-state index in [9.17, 15) is 23.1 Å². The van der Waals surface area contributed by atoms with Crippen LogP contribution >= 0.6 is 0 Å². The normalized spacial score (nSPS) is 24.1. The third-order valence-electron chi connectivity index (χ3n) is 2.47. The van der Waals surface area contributed by atoms with Crippen molar-refractivity contribution in [3.63, 3.8) is 0 Å². The van der Waals surface area contributed by atoms with Gasteiger partial charge in [0.15, 0.2) is 0 Å². The maximum atomic E-state index is 11.9. The molecule has 2 atom stereocenters. The van der Waals surface area contributed by atoms with Crippen molar-refractivity contribution in [2.24, 2.45) is 0 Å². The quantitative estimate of drug-likeness (QED) is 0.722. The van der Waals surface area contributed by atoms with Crippen LogP contribution < -0.4 is 0 Å². The van der Waals surface area contributed by atoms with Crippen LogP contribution in [0.3, 0.4) is 0 Å². The van der Waals surface area contributed by atoms with Crippen LogP contribution in [0, 0.1) is 0 Å². The summed E-state index contributed by atoms with van der Waals surface area (Å²) in [5.74, 6) is -0.631. The van der Waals surface area contributed by atoms with Gasteiger partial charge < -0.3 is 9.84 Å². The van der Waals surface area contributed by atoms with Crippen LogP contribution in [0.2, 0.25) is 0 Å². The molecular formula is C11H19NO7S. The average molecular weight is 309 g/mol. The Balaban J connectivity index is 2.84. The summed E-state index contributed by atoms with van der Waals surface area (Å²) in [6, 6.07) is -1.08. The molecule has 1 saturated heterocycles. The van der Waals surface area contributed by atoms with Gasteiger partial charge in [-0.1, -0.05) is 0 Å². The van der Waals surface area contributed by atoms with Gasteiger partial charge in [0.25, 0.3) is 10.1 Å². The summed E-state index contributed by atoms with van der Waals surface area (Å²) in [5, 5.41) is 9.73. The van der Waals surface area contributed by atoms with E-state index in [1.54, 1.807) is 20.8 Å². The van der Waals surface area contributed by atoms with Crippen molar-refractivity contribution >= 4 is 22.1 Å². The van der Waals surface area contributed by atoms with Gasteiger partial charge in [-0.3, -0.25) is 8.98 Å². The zero-order chi connectivity index (χ0) is 15.7. The maximum absolute atomic E-state index is 11.9. The number of hydrogen-bond acceptors (Lipinski definition) is 7. The highest BCUT2D eigenvalue weighted by Gasteiger charge is 2.45. The summed E-state index contributed by atoms with van der Waals surface area (Å²) in [6.07, 6.45) is -1.55. The molecule has 0 aromatic heterocycles. The first-order valence-corrected chi connectivity index (χ1v) is 7.80. The molecule has 0 radical (unpaired) electrons. The molecule has 1 aliphatic heterocycles. The Morgan fingerprint density at radius 2 is 2.00 bits per heavy atom. The minimum Gasteiger partial charge on any atom is -0.443 e. The van der Waals surface area contributed by atoms with Crippen molar-refractivity contribution in [2.45, 2.75) is 44.9 Å². The number of nitrogens with zero attached hydrogens (tertiary/aromatic N) is 1. The second kappa shape index (κ2) is 5.66. The van der Waals surface area contributed by atoms with Gasteiger partial charge in [-0.25, -0.2) is 9.69 Å². The fourth-order valence-corrected chi connectivity index (χ4v) is 2.08. The van der Waals surface area contributed by atoms with E-state index in [-0.39, 0.29) is 6.42 Å². The predicted molar refractivity (Wildman–Crippen MR) is 68.3 cm³/mol. The molecule has 1 heterocycles. The Bertz CT molecular complexity index is 493. The van der Waals surface area contributed by atoms with E-state index in [1.807, 2.05) is 0 Å². The van der Waals surface area contributed by atoms with Crippen LogP contribution in [-0.4, -0.2) is 61.0 Å². The lowest BCUT2D eigenvalue weighted by Crippen LogP contribution is -2.46. The van der Waals surface area contributed by atoms with Crippen LogP contribution in [-0.2, 0) is 23.8 Å². The molecule has 8 nitrogen and oxygen atoms in total. The van der Waals surface area contributed by atoms with Gasteiger partial charge in [-0.2, -0.15) is 8.42 Å². The summed E-state index contributed by atoms with van der Waals surface area (Å²) in [6.45, 7) is 4.39. The van der Waals surface area contributed by atoms with Gasteiger partial charge in [-0.05, 0) is 20.8 Å². The number of aliphatic hydroxyl groups excluding tert-OH is 1. The topological polar surface area (TPSA) is 110 Å². The Morgan fingerprint density at radius 3 is 2.45 bits per heavy atom. The van der Waals surface area contributed by atoms with Crippen LogP contribution in [0.15, 0.2) is 0 Å². The highest BCUT2D eigenvalue weighted by atomic mass is 32.2. The number of rotatable bonds is 3. The number of ether oxygens (including phenoxy) is 1. The number of carbonyl (C=O) groups excluding carboxylic acids is 2. The standard InChI is InChI=1S/C11H19NO7S/c1-11(2,3)19-10(15)12-7(6-18-20(4,16)17)8(13)5-9(12)14/h7-8,13H,5-6H2,1-4H3/t7-,8+/m1/s1. The summed E-state index contributed by atoms with van der Waals surface area (Å²) in [4.78, 5) is 24.3. The molecule has 0 spiro atoms. The molecule has 0 saturated carbocycles. The molecule has 1 fully saturated rings. The van der Waals surface area contributed by atoms with Crippen LogP contribution in [0.4, 0.5) is 4.79 Å². The molecule has 2 amide bonds. The molecule has 0 aromatic rings. The number of amides is 2. The SMILES string of the molecule is CC(C)(C)OC(=O)N1C(=O)C[C@H](O)[C@H]1COS(C)(=O)=O. The summed E-state index contributed by atoms with van der Waals surface area (Å²) < 4.78 is 31.5. The smallest absolute Gasteiger partial charge is 0.417 e. The summed E-state index contributed by atoms with van der Waals surface area (Å²) >= 11 is 0. The molecule has 0 aliphatic carbocycles. The Kier molecular flexibility index (Phi) is 4.78. The van der Waals surface area contributed by atoms with Crippen LogP contribution in [0.5, 0.6) is 0 Å². The maximum Gasteiger partial charge on any atom is 0.417 e. The highest BCUT2D eigenvalue weighted by molar-refractivity contribution is 7.85. The van der Waals surface area contributed by atoms with Crippen LogP contribution in [0.1, 0.15) is 27.2 Å². The Hall–Kier alpha value is -1.19. The minimum absolute atomic E-state index is 0.281. The monoisotopic (exact) mass is 309 g/mol. The van der Waals surface area contributed by atoms with Gasteiger partial charge in [-0.15, -0.1) is 0 Å². The number of aliphatic hydroxyl groups is 1.